The summed E-state index contributed by atoms with van der Waals surface area (Å²) in [6, 6.07) is 5.32. The number of hydrogen-bond donors (Lipinski definition) is 3. The summed E-state index contributed by atoms with van der Waals surface area (Å²) in [6.45, 7) is -1.24. The third-order valence-electron chi connectivity index (χ3n) is 6.92. The number of benzene rings is 1. The highest BCUT2D eigenvalue weighted by atomic mass is 32.2. The van der Waals surface area contributed by atoms with Crippen LogP contribution in [0.3, 0.4) is 0 Å². The lowest BCUT2D eigenvalue weighted by atomic mass is 9.93. The summed E-state index contributed by atoms with van der Waals surface area (Å²) >= 11 is 0. The van der Waals surface area contributed by atoms with E-state index < -0.39 is 54.4 Å². The van der Waals surface area contributed by atoms with Crippen LogP contribution in [0.25, 0.3) is 0 Å². The van der Waals surface area contributed by atoms with Gasteiger partial charge < -0.3 is 24.8 Å². The van der Waals surface area contributed by atoms with Gasteiger partial charge in [-0.2, -0.15) is 13.2 Å². The molecule has 0 radical (unpaired) electrons. The third-order valence-corrected chi connectivity index (χ3v) is 8.16. The minimum atomic E-state index is -4.46. The van der Waals surface area contributed by atoms with Crippen molar-refractivity contribution in [1.29, 1.82) is 0 Å². The largest absolute Gasteiger partial charge is 0.489 e. The number of anilines is 3. The zero-order valence-electron chi connectivity index (χ0n) is 21.5. The topological polar surface area (TPSA) is 130 Å². The molecule has 0 bridgehead atoms. The molecule has 1 aliphatic heterocycles. The molecule has 1 aromatic heterocycles. The summed E-state index contributed by atoms with van der Waals surface area (Å²) in [7, 11) is -3.86. The van der Waals surface area contributed by atoms with Crippen molar-refractivity contribution in [2.24, 2.45) is 5.41 Å². The van der Waals surface area contributed by atoms with E-state index in [0.717, 1.165) is 25.7 Å². The lowest BCUT2D eigenvalue weighted by Crippen LogP contribution is -2.36. The molecule has 2 fully saturated rings. The Labute approximate surface area is 228 Å². The number of ether oxygens (including phenoxy) is 2. The van der Waals surface area contributed by atoms with Crippen molar-refractivity contribution in [3.8, 4) is 11.5 Å². The number of carbonyl (C=O) groups excluding carboxylic acids is 1. The van der Waals surface area contributed by atoms with Crippen molar-refractivity contribution in [2.75, 3.05) is 53.9 Å². The normalized spacial score (nSPS) is 16.5. The van der Waals surface area contributed by atoms with E-state index in [4.69, 9.17) is 14.6 Å². The van der Waals surface area contributed by atoms with E-state index in [0.29, 0.717) is 24.2 Å². The summed E-state index contributed by atoms with van der Waals surface area (Å²) < 4.78 is 87.0. The number of amides is 1. The Balaban J connectivity index is 1.57. The van der Waals surface area contributed by atoms with E-state index in [1.165, 1.54) is 30.5 Å². The Morgan fingerprint density at radius 3 is 2.45 bits per heavy atom. The van der Waals surface area contributed by atoms with Crippen LogP contribution in [0, 0.1) is 5.41 Å². The molecular weight excluding hydrogens is 560 g/mol. The van der Waals surface area contributed by atoms with Crippen LogP contribution in [0.1, 0.15) is 42.5 Å². The molecule has 0 atom stereocenters. The maximum Gasteiger partial charge on any atom is 0.392 e. The minimum absolute atomic E-state index is 0.0141. The molecule has 1 aliphatic carbocycles. The number of hydrogen-bond acceptors (Lipinski definition) is 8. The minimum Gasteiger partial charge on any atom is -0.489 e. The van der Waals surface area contributed by atoms with E-state index in [9.17, 15) is 30.8 Å². The highest BCUT2D eigenvalue weighted by Crippen LogP contribution is 2.54. The molecular formula is C25H30F4N4O6S. The van der Waals surface area contributed by atoms with E-state index in [2.05, 4.69) is 15.0 Å². The number of nitrogens with zero attached hydrogens (tertiary/aromatic N) is 2. The van der Waals surface area contributed by atoms with Gasteiger partial charge in [0, 0.05) is 37.1 Å². The number of rotatable bonds is 12. The molecule has 0 unspecified atom stereocenters. The molecule has 1 spiro atoms. The van der Waals surface area contributed by atoms with Gasteiger partial charge in [0.1, 0.15) is 5.82 Å². The van der Waals surface area contributed by atoms with Gasteiger partial charge in [0.15, 0.2) is 11.5 Å². The fourth-order valence-electron chi connectivity index (χ4n) is 4.52. The quantitative estimate of drug-likeness (QED) is 0.316. The second kappa shape index (κ2) is 12.0. The molecule has 4 rings (SSSR count). The summed E-state index contributed by atoms with van der Waals surface area (Å²) in [6.07, 6.45) is -0.294. The van der Waals surface area contributed by atoms with Crippen molar-refractivity contribution in [1.82, 2.24) is 4.98 Å². The molecule has 15 heteroatoms. The van der Waals surface area contributed by atoms with Crippen molar-refractivity contribution in [3.63, 3.8) is 0 Å². The predicted octanol–water partition coefficient (Wildman–Crippen LogP) is 4.09. The molecule has 2 aliphatic rings. The highest BCUT2D eigenvalue weighted by molar-refractivity contribution is 7.92. The van der Waals surface area contributed by atoms with Crippen molar-refractivity contribution < 1.29 is 45.4 Å². The molecule has 3 N–H and O–H groups in total. The molecule has 2 aromatic rings. The number of aromatic nitrogens is 1. The standard InChI is InChI=1S/C25H30F4N4O6S/c26-16-39-20-2-1-17(13-21(20)38-11-7-25(27,28)29)31-23(35)18-15-30-22(32-40(36,37)12-10-34)14-19(18)33-8-5-24(3-4-24)6-9-33/h1-2,13-15,34H,3-12,16H2,(H,30,32)(H,31,35). The lowest BCUT2D eigenvalue weighted by Gasteiger charge is -2.35. The molecule has 10 nitrogen and oxygen atoms in total. The van der Waals surface area contributed by atoms with Gasteiger partial charge >= 0.3 is 6.18 Å². The lowest BCUT2D eigenvalue weighted by molar-refractivity contribution is -0.139. The number of carbonyl (C=O) groups is 1. The number of sulfonamides is 1. The molecule has 2 heterocycles. The first kappa shape index (κ1) is 29.6. The van der Waals surface area contributed by atoms with Crippen LogP contribution in [-0.4, -0.2) is 69.5 Å². The zero-order valence-corrected chi connectivity index (χ0v) is 22.3. The third kappa shape index (κ3) is 7.87. The number of piperidine rings is 1. The van der Waals surface area contributed by atoms with E-state index in [-0.39, 0.29) is 28.6 Å². The zero-order chi connectivity index (χ0) is 29.0. The molecule has 40 heavy (non-hydrogen) atoms. The van der Waals surface area contributed by atoms with Crippen molar-refractivity contribution in [3.05, 3.63) is 36.0 Å². The fraction of sp³-hybridized carbons (Fsp3) is 0.520. The number of aliphatic hydroxyl groups excluding tert-OH is 1. The molecule has 1 saturated carbocycles. The Kier molecular flexibility index (Phi) is 8.93. The fourth-order valence-corrected chi connectivity index (χ4v) is 5.29. The second-order valence-corrected chi connectivity index (χ2v) is 11.6. The van der Waals surface area contributed by atoms with Crippen molar-refractivity contribution in [2.45, 2.75) is 38.3 Å². The van der Waals surface area contributed by atoms with E-state index in [1.54, 1.807) is 0 Å². The Morgan fingerprint density at radius 2 is 1.82 bits per heavy atom. The number of aliphatic hydroxyl groups is 1. The highest BCUT2D eigenvalue weighted by Gasteiger charge is 2.44. The van der Waals surface area contributed by atoms with Gasteiger partial charge in [-0.3, -0.25) is 9.52 Å². The van der Waals surface area contributed by atoms with Gasteiger partial charge in [-0.1, -0.05) is 0 Å². The van der Waals surface area contributed by atoms with Gasteiger partial charge in [0.2, 0.25) is 16.9 Å². The number of alkyl halides is 4. The van der Waals surface area contributed by atoms with Gasteiger partial charge in [-0.05, 0) is 43.2 Å². The number of halogens is 4. The second-order valence-electron chi connectivity index (χ2n) is 9.80. The SMILES string of the molecule is O=C(Nc1ccc(OCF)c(OCCC(F)(F)F)c1)c1cnc(NS(=O)(=O)CCO)cc1N1CCC2(CC1)CC2. The van der Waals surface area contributed by atoms with Crippen LogP contribution >= 0.6 is 0 Å². The first-order chi connectivity index (χ1) is 18.9. The number of nitrogens with one attached hydrogen (secondary N) is 2. The van der Waals surface area contributed by atoms with Gasteiger partial charge in [0.05, 0.1) is 36.6 Å². The monoisotopic (exact) mass is 590 g/mol. The number of pyridine rings is 1. The van der Waals surface area contributed by atoms with E-state index >= 15 is 0 Å². The van der Waals surface area contributed by atoms with Crippen LogP contribution in [0.4, 0.5) is 34.8 Å². The van der Waals surface area contributed by atoms with Crippen molar-refractivity contribution >= 4 is 33.1 Å². The maximum atomic E-state index is 13.4. The van der Waals surface area contributed by atoms with Crippen LogP contribution in [0.5, 0.6) is 11.5 Å². The van der Waals surface area contributed by atoms with Crippen LogP contribution in [-0.2, 0) is 10.0 Å². The van der Waals surface area contributed by atoms with Crippen LogP contribution < -0.4 is 24.4 Å². The maximum absolute atomic E-state index is 13.4. The summed E-state index contributed by atoms with van der Waals surface area (Å²) in [5.74, 6) is -1.46. The molecule has 1 aromatic carbocycles. The van der Waals surface area contributed by atoms with E-state index in [1.807, 2.05) is 4.90 Å². The Morgan fingerprint density at radius 1 is 1.10 bits per heavy atom. The summed E-state index contributed by atoms with van der Waals surface area (Å²) in [5.41, 5.74) is 1.07. The first-order valence-electron chi connectivity index (χ1n) is 12.6. The van der Waals surface area contributed by atoms with Gasteiger partial charge in [-0.25, -0.2) is 17.8 Å². The van der Waals surface area contributed by atoms with Gasteiger partial charge in [-0.15, -0.1) is 0 Å². The van der Waals surface area contributed by atoms with Gasteiger partial charge in [0.25, 0.3) is 5.91 Å². The predicted molar refractivity (Wildman–Crippen MR) is 139 cm³/mol. The molecule has 220 valence electrons. The summed E-state index contributed by atoms with van der Waals surface area (Å²) in [5, 5.41) is 11.7. The first-order valence-corrected chi connectivity index (χ1v) is 14.3. The Bertz CT molecular complexity index is 1310. The summed E-state index contributed by atoms with van der Waals surface area (Å²) in [4.78, 5) is 19.4. The van der Waals surface area contributed by atoms with Crippen LogP contribution in [0.15, 0.2) is 30.5 Å². The smallest absolute Gasteiger partial charge is 0.392 e. The average molecular weight is 591 g/mol. The van der Waals surface area contributed by atoms with Crippen LogP contribution in [0.2, 0.25) is 0 Å². The molecule has 1 saturated heterocycles. The molecule has 1 amide bonds. The Hall–Kier alpha value is -3.33. The average Bonchev–Trinajstić information content (AvgIpc) is 3.63.